The molecule has 19 heavy (non-hydrogen) atoms. The SMILES string of the molecule is COc1ccc(C(C)N(CC(=O)O)C(C)C)c(Br)c1. The first kappa shape index (κ1) is 16.0. The molecule has 1 atom stereocenters. The molecule has 0 fully saturated rings. The molecule has 0 aliphatic rings. The van der Waals surface area contributed by atoms with Crippen LogP contribution in [0.4, 0.5) is 0 Å². The molecule has 106 valence electrons. The summed E-state index contributed by atoms with van der Waals surface area (Å²) in [7, 11) is 1.62. The maximum absolute atomic E-state index is 11.0. The topological polar surface area (TPSA) is 49.8 Å². The third-order valence-electron chi connectivity index (χ3n) is 3.14. The average Bonchev–Trinajstić information content (AvgIpc) is 2.34. The highest BCUT2D eigenvalue weighted by molar-refractivity contribution is 9.10. The predicted octanol–water partition coefficient (Wildman–Crippen LogP) is 3.31. The maximum Gasteiger partial charge on any atom is 0.317 e. The van der Waals surface area contributed by atoms with E-state index in [9.17, 15) is 4.79 Å². The number of carboxylic acids is 1. The second-order valence-corrected chi connectivity index (χ2v) is 5.58. The first-order valence-electron chi connectivity index (χ1n) is 6.17. The number of carboxylic acid groups (broad SMARTS) is 1. The highest BCUT2D eigenvalue weighted by atomic mass is 79.9. The lowest BCUT2D eigenvalue weighted by Crippen LogP contribution is -2.37. The Kier molecular flexibility index (Phi) is 5.82. The van der Waals surface area contributed by atoms with Crippen LogP contribution in [0.15, 0.2) is 22.7 Å². The number of carbonyl (C=O) groups is 1. The minimum atomic E-state index is -0.815. The number of halogens is 1. The number of methoxy groups -OCH3 is 1. The summed E-state index contributed by atoms with van der Waals surface area (Å²) in [4.78, 5) is 12.9. The van der Waals surface area contributed by atoms with Crippen LogP contribution in [0.3, 0.4) is 0 Å². The second-order valence-electron chi connectivity index (χ2n) is 4.72. The van der Waals surface area contributed by atoms with Crippen LogP contribution in [-0.2, 0) is 4.79 Å². The van der Waals surface area contributed by atoms with Crippen molar-refractivity contribution in [2.24, 2.45) is 0 Å². The molecule has 0 radical (unpaired) electrons. The standard InChI is InChI=1S/C14H20BrNO3/c1-9(2)16(8-14(17)18)10(3)12-6-5-11(19-4)7-13(12)15/h5-7,9-10H,8H2,1-4H3,(H,17,18). The van der Waals surface area contributed by atoms with E-state index in [2.05, 4.69) is 15.9 Å². The summed E-state index contributed by atoms with van der Waals surface area (Å²) in [5.41, 5.74) is 1.05. The van der Waals surface area contributed by atoms with Crippen molar-refractivity contribution in [3.05, 3.63) is 28.2 Å². The van der Waals surface area contributed by atoms with Crippen LogP contribution in [0.25, 0.3) is 0 Å². The molecule has 0 amide bonds. The lowest BCUT2D eigenvalue weighted by atomic mass is 10.1. The number of hydrogen-bond acceptors (Lipinski definition) is 3. The molecule has 0 aliphatic heterocycles. The van der Waals surface area contributed by atoms with Gasteiger partial charge in [-0.15, -0.1) is 0 Å². The van der Waals surface area contributed by atoms with Gasteiger partial charge in [0.2, 0.25) is 0 Å². The van der Waals surface area contributed by atoms with Crippen molar-refractivity contribution >= 4 is 21.9 Å². The van der Waals surface area contributed by atoms with E-state index in [0.29, 0.717) is 0 Å². The van der Waals surface area contributed by atoms with E-state index in [-0.39, 0.29) is 18.6 Å². The Morgan fingerprint density at radius 2 is 2.05 bits per heavy atom. The van der Waals surface area contributed by atoms with Crippen LogP contribution in [-0.4, -0.2) is 35.7 Å². The summed E-state index contributed by atoms with van der Waals surface area (Å²) in [6.45, 7) is 6.03. The molecule has 0 aromatic heterocycles. The molecule has 1 rings (SSSR count). The number of benzene rings is 1. The molecule has 1 aromatic carbocycles. The Balaban J connectivity index is 3.02. The highest BCUT2D eigenvalue weighted by Crippen LogP contribution is 2.31. The third-order valence-corrected chi connectivity index (χ3v) is 3.82. The molecule has 1 N–H and O–H groups in total. The zero-order valence-corrected chi connectivity index (χ0v) is 13.3. The Bertz CT molecular complexity index is 448. The van der Waals surface area contributed by atoms with E-state index >= 15 is 0 Å². The summed E-state index contributed by atoms with van der Waals surface area (Å²) < 4.78 is 6.09. The lowest BCUT2D eigenvalue weighted by molar-refractivity contribution is -0.139. The van der Waals surface area contributed by atoms with E-state index in [4.69, 9.17) is 9.84 Å². The Morgan fingerprint density at radius 3 is 2.47 bits per heavy atom. The average molecular weight is 330 g/mol. The number of aliphatic carboxylic acids is 1. The van der Waals surface area contributed by atoms with E-state index in [0.717, 1.165) is 15.8 Å². The van der Waals surface area contributed by atoms with E-state index in [1.54, 1.807) is 7.11 Å². The Labute approximate surface area is 122 Å². The maximum atomic E-state index is 11.0. The van der Waals surface area contributed by atoms with Gasteiger partial charge in [-0.2, -0.15) is 0 Å². The largest absolute Gasteiger partial charge is 0.497 e. The summed E-state index contributed by atoms with van der Waals surface area (Å²) in [5, 5.41) is 9.01. The first-order valence-corrected chi connectivity index (χ1v) is 6.97. The van der Waals surface area contributed by atoms with Crippen LogP contribution >= 0.6 is 15.9 Å². The fourth-order valence-electron chi connectivity index (χ4n) is 2.08. The second kappa shape index (κ2) is 6.91. The van der Waals surface area contributed by atoms with Gasteiger partial charge in [-0.1, -0.05) is 22.0 Å². The minimum absolute atomic E-state index is 0.0105. The van der Waals surface area contributed by atoms with Crippen LogP contribution in [0.2, 0.25) is 0 Å². The van der Waals surface area contributed by atoms with Crippen molar-refractivity contribution in [3.63, 3.8) is 0 Å². The van der Waals surface area contributed by atoms with Gasteiger partial charge < -0.3 is 9.84 Å². The van der Waals surface area contributed by atoms with Crippen LogP contribution in [0.5, 0.6) is 5.75 Å². The molecule has 0 saturated heterocycles. The van der Waals surface area contributed by atoms with Crippen LogP contribution < -0.4 is 4.74 Å². The van der Waals surface area contributed by atoms with Crippen molar-refractivity contribution in [1.82, 2.24) is 4.90 Å². The number of hydrogen-bond donors (Lipinski definition) is 1. The molecule has 0 saturated carbocycles. The molecule has 1 aromatic rings. The van der Waals surface area contributed by atoms with Gasteiger partial charge in [0.1, 0.15) is 5.75 Å². The van der Waals surface area contributed by atoms with Crippen molar-refractivity contribution in [1.29, 1.82) is 0 Å². The zero-order chi connectivity index (χ0) is 14.6. The zero-order valence-electron chi connectivity index (χ0n) is 11.7. The monoisotopic (exact) mass is 329 g/mol. The minimum Gasteiger partial charge on any atom is -0.497 e. The number of rotatable bonds is 6. The molecular weight excluding hydrogens is 310 g/mol. The molecule has 0 spiro atoms. The van der Waals surface area contributed by atoms with E-state index in [1.165, 1.54) is 0 Å². The summed E-state index contributed by atoms with van der Waals surface area (Å²) >= 11 is 3.52. The Morgan fingerprint density at radius 1 is 1.42 bits per heavy atom. The third kappa shape index (κ3) is 4.21. The van der Waals surface area contributed by atoms with E-state index < -0.39 is 5.97 Å². The van der Waals surface area contributed by atoms with Crippen molar-refractivity contribution in [2.75, 3.05) is 13.7 Å². The predicted molar refractivity (Wildman–Crippen MR) is 78.6 cm³/mol. The Hall–Kier alpha value is -1.07. The van der Waals surface area contributed by atoms with Gasteiger partial charge in [0.05, 0.1) is 13.7 Å². The fraction of sp³-hybridized carbons (Fsp3) is 0.500. The molecule has 0 bridgehead atoms. The first-order chi connectivity index (χ1) is 8.86. The molecule has 5 heteroatoms. The van der Waals surface area contributed by atoms with Crippen molar-refractivity contribution < 1.29 is 14.6 Å². The van der Waals surface area contributed by atoms with Crippen molar-refractivity contribution in [2.45, 2.75) is 32.9 Å². The summed E-state index contributed by atoms with van der Waals surface area (Å²) in [6, 6.07) is 5.91. The van der Waals surface area contributed by atoms with E-state index in [1.807, 2.05) is 43.9 Å². The molecule has 1 unspecified atom stereocenters. The molecule has 4 nitrogen and oxygen atoms in total. The van der Waals surface area contributed by atoms with Gasteiger partial charge in [-0.25, -0.2) is 0 Å². The number of ether oxygens (including phenoxy) is 1. The highest BCUT2D eigenvalue weighted by Gasteiger charge is 2.22. The fourth-order valence-corrected chi connectivity index (χ4v) is 2.76. The summed E-state index contributed by atoms with van der Waals surface area (Å²) in [5.74, 6) is -0.0395. The smallest absolute Gasteiger partial charge is 0.317 e. The number of nitrogens with zero attached hydrogens (tertiary/aromatic N) is 1. The molecule has 0 heterocycles. The van der Waals surface area contributed by atoms with Gasteiger partial charge in [0.15, 0.2) is 0 Å². The molecule has 0 aliphatic carbocycles. The van der Waals surface area contributed by atoms with Gasteiger partial charge in [0, 0.05) is 16.6 Å². The van der Waals surface area contributed by atoms with Gasteiger partial charge in [-0.3, -0.25) is 9.69 Å². The van der Waals surface area contributed by atoms with Gasteiger partial charge in [0.25, 0.3) is 0 Å². The quantitative estimate of drug-likeness (QED) is 0.869. The normalized spacial score (nSPS) is 12.8. The van der Waals surface area contributed by atoms with Crippen LogP contribution in [0, 0.1) is 0 Å². The van der Waals surface area contributed by atoms with Gasteiger partial charge in [-0.05, 0) is 38.5 Å². The lowest BCUT2D eigenvalue weighted by Gasteiger charge is -2.32. The summed E-state index contributed by atoms with van der Waals surface area (Å²) in [6.07, 6.45) is 0. The molecular formula is C14H20BrNO3. The van der Waals surface area contributed by atoms with Crippen molar-refractivity contribution in [3.8, 4) is 5.75 Å². The van der Waals surface area contributed by atoms with Gasteiger partial charge >= 0.3 is 5.97 Å². The van der Waals surface area contributed by atoms with Crippen LogP contribution in [0.1, 0.15) is 32.4 Å².